The molecule has 0 bridgehead atoms. The van der Waals surface area contributed by atoms with Gasteiger partial charge in [-0.2, -0.15) is 13.2 Å². The molecule has 0 aliphatic carbocycles. The summed E-state index contributed by atoms with van der Waals surface area (Å²) in [6.07, 6.45) is -3.88. The van der Waals surface area contributed by atoms with Gasteiger partial charge in [0.25, 0.3) is 5.69 Å². The molecule has 1 amide bonds. The molecule has 0 spiro atoms. The zero-order valence-electron chi connectivity index (χ0n) is 20.1. The average molecular weight is 541 g/mol. The van der Waals surface area contributed by atoms with E-state index < -0.39 is 22.4 Å². The van der Waals surface area contributed by atoms with Crippen molar-refractivity contribution >= 4 is 28.9 Å². The van der Waals surface area contributed by atoms with Crippen LogP contribution in [0.3, 0.4) is 0 Å². The summed E-state index contributed by atoms with van der Waals surface area (Å²) >= 11 is 6.09. The number of hydrogen-bond donors (Lipinski definition) is 0. The Kier molecular flexibility index (Phi) is 8.43. The lowest BCUT2D eigenvalue weighted by Crippen LogP contribution is -2.48. The van der Waals surface area contributed by atoms with Gasteiger partial charge in [-0.25, -0.2) is 0 Å². The maximum Gasteiger partial charge on any atom is 0.423 e. The molecule has 2 heterocycles. The number of anilines is 1. The van der Waals surface area contributed by atoms with Gasteiger partial charge in [0.2, 0.25) is 5.91 Å². The van der Waals surface area contributed by atoms with Gasteiger partial charge in [0, 0.05) is 81.9 Å². The number of ether oxygens (including phenoxy) is 1. The van der Waals surface area contributed by atoms with Gasteiger partial charge in [0.05, 0.1) is 4.92 Å². The van der Waals surface area contributed by atoms with Crippen LogP contribution in [0.15, 0.2) is 42.5 Å². The number of hydrogen-bond acceptors (Lipinski definition) is 6. The summed E-state index contributed by atoms with van der Waals surface area (Å²) in [5, 5.41) is 11.6. The quantitative estimate of drug-likeness (QED) is 0.369. The summed E-state index contributed by atoms with van der Waals surface area (Å²) in [7, 11) is 0. The van der Waals surface area contributed by atoms with Crippen LogP contribution in [-0.4, -0.2) is 72.5 Å². The van der Waals surface area contributed by atoms with Crippen molar-refractivity contribution in [1.29, 1.82) is 0 Å². The second-order valence-corrected chi connectivity index (χ2v) is 9.63. The van der Waals surface area contributed by atoms with Gasteiger partial charge in [-0.3, -0.25) is 19.8 Å². The van der Waals surface area contributed by atoms with Gasteiger partial charge >= 0.3 is 6.18 Å². The second-order valence-electron chi connectivity index (χ2n) is 9.19. The highest BCUT2D eigenvalue weighted by Gasteiger charge is 2.39. The number of rotatable bonds is 7. The predicted molar refractivity (Wildman–Crippen MR) is 133 cm³/mol. The Balaban J connectivity index is 1.21. The Morgan fingerprint density at radius 2 is 1.76 bits per heavy atom. The average Bonchev–Trinajstić information content (AvgIpc) is 2.87. The van der Waals surface area contributed by atoms with Crippen molar-refractivity contribution in [2.45, 2.75) is 31.5 Å². The third-order valence-corrected chi connectivity index (χ3v) is 6.99. The van der Waals surface area contributed by atoms with E-state index in [1.165, 1.54) is 6.07 Å². The van der Waals surface area contributed by atoms with Crippen LogP contribution >= 0.6 is 11.6 Å². The summed E-state index contributed by atoms with van der Waals surface area (Å²) in [4.78, 5) is 28.9. The minimum Gasteiger partial charge on any atom is -0.490 e. The Morgan fingerprint density at radius 1 is 1.05 bits per heavy atom. The van der Waals surface area contributed by atoms with Crippen molar-refractivity contribution in [1.82, 2.24) is 9.80 Å². The highest BCUT2D eigenvalue weighted by atomic mass is 35.5. The number of halogens is 4. The van der Waals surface area contributed by atoms with E-state index in [4.69, 9.17) is 16.3 Å². The van der Waals surface area contributed by atoms with E-state index in [0.29, 0.717) is 50.0 Å². The van der Waals surface area contributed by atoms with Gasteiger partial charge in [-0.05, 0) is 30.3 Å². The van der Waals surface area contributed by atoms with Crippen molar-refractivity contribution < 1.29 is 27.6 Å². The predicted octanol–water partition coefficient (Wildman–Crippen LogP) is 4.85. The topological polar surface area (TPSA) is 79.2 Å². The normalized spacial score (nSPS) is 17.6. The van der Waals surface area contributed by atoms with E-state index in [2.05, 4.69) is 9.80 Å². The number of carbonyl (C=O) groups excluding carboxylic acids is 1. The number of nitro benzene ring substituents is 1. The van der Waals surface area contributed by atoms with E-state index in [1.807, 2.05) is 24.3 Å². The molecule has 200 valence electrons. The molecule has 0 atom stereocenters. The minimum absolute atomic E-state index is 0.0467. The zero-order chi connectivity index (χ0) is 26.6. The van der Waals surface area contributed by atoms with Crippen molar-refractivity contribution in [3.05, 3.63) is 63.2 Å². The first-order valence-electron chi connectivity index (χ1n) is 12.1. The summed E-state index contributed by atoms with van der Waals surface area (Å²) < 4.78 is 45.3. The number of nitro groups is 1. The van der Waals surface area contributed by atoms with E-state index in [9.17, 15) is 28.1 Å². The molecule has 37 heavy (non-hydrogen) atoms. The van der Waals surface area contributed by atoms with Gasteiger partial charge < -0.3 is 14.5 Å². The van der Waals surface area contributed by atoms with Crippen LogP contribution in [0.4, 0.5) is 24.5 Å². The highest BCUT2D eigenvalue weighted by molar-refractivity contribution is 6.30. The van der Waals surface area contributed by atoms with E-state index in [1.54, 1.807) is 4.90 Å². The van der Waals surface area contributed by atoms with Gasteiger partial charge in [-0.15, -0.1) is 0 Å². The van der Waals surface area contributed by atoms with Gasteiger partial charge in [-0.1, -0.05) is 17.7 Å². The highest BCUT2D eigenvalue weighted by Crippen LogP contribution is 2.38. The first-order chi connectivity index (χ1) is 17.6. The molecule has 2 aromatic carbocycles. The van der Waals surface area contributed by atoms with Crippen molar-refractivity contribution in [2.24, 2.45) is 0 Å². The second kappa shape index (κ2) is 11.6. The molecule has 2 fully saturated rings. The smallest absolute Gasteiger partial charge is 0.423 e. The molecule has 2 aliphatic heterocycles. The number of amides is 1. The molecular formula is C25H28ClF3N4O4. The van der Waals surface area contributed by atoms with Crippen molar-refractivity contribution in [3.63, 3.8) is 0 Å². The van der Waals surface area contributed by atoms with Crippen LogP contribution in [-0.2, 0) is 11.0 Å². The van der Waals surface area contributed by atoms with Crippen LogP contribution in [0.1, 0.15) is 24.8 Å². The number of piperidine rings is 1. The molecule has 0 saturated carbocycles. The summed E-state index contributed by atoms with van der Waals surface area (Å²) in [6, 6.07) is 10.4. The Bertz CT molecular complexity index is 1120. The van der Waals surface area contributed by atoms with Crippen LogP contribution in [0.25, 0.3) is 0 Å². The SMILES string of the molecule is O=C(CCN1CCN(c2cccc(Cl)c2)CC1)N1CCC(Oc2ccc([N+](=O)[O-])c(C(F)(F)F)c2)CC1. The summed E-state index contributed by atoms with van der Waals surface area (Å²) in [6.45, 7) is 4.99. The fraction of sp³-hybridized carbons (Fsp3) is 0.480. The standard InChI is InChI=1S/C25H28ClF3N4O4/c26-18-2-1-3-19(16-18)31-14-12-30(13-15-31)9-8-24(34)32-10-6-20(7-11-32)37-21-4-5-23(33(35)36)22(17-21)25(27,28)29/h1-5,16-17,20H,6-15H2. The van der Waals surface area contributed by atoms with Crippen LogP contribution < -0.4 is 9.64 Å². The zero-order valence-corrected chi connectivity index (χ0v) is 20.9. The molecule has 8 nitrogen and oxygen atoms in total. The molecule has 2 saturated heterocycles. The number of likely N-dealkylation sites (tertiary alicyclic amines) is 1. The van der Waals surface area contributed by atoms with Gasteiger partial charge in [0.15, 0.2) is 0 Å². The monoisotopic (exact) mass is 540 g/mol. The maximum absolute atomic E-state index is 13.2. The largest absolute Gasteiger partial charge is 0.490 e. The summed E-state index contributed by atoms with van der Waals surface area (Å²) in [5.41, 5.74) is -1.25. The molecule has 12 heteroatoms. The Morgan fingerprint density at radius 3 is 2.38 bits per heavy atom. The molecule has 2 aliphatic rings. The lowest BCUT2D eigenvalue weighted by molar-refractivity contribution is -0.388. The molecule has 0 aromatic heterocycles. The number of nitrogens with zero attached hydrogens (tertiary/aromatic N) is 4. The maximum atomic E-state index is 13.2. The molecule has 0 N–H and O–H groups in total. The minimum atomic E-state index is -4.86. The molecule has 0 radical (unpaired) electrons. The molecule has 0 unspecified atom stereocenters. The van der Waals surface area contributed by atoms with Gasteiger partial charge in [0.1, 0.15) is 17.4 Å². The van der Waals surface area contributed by atoms with E-state index in [-0.39, 0.29) is 17.8 Å². The van der Waals surface area contributed by atoms with E-state index >= 15 is 0 Å². The first kappa shape index (κ1) is 27.0. The van der Waals surface area contributed by atoms with Crippen molar-refractivity contribution in [3.8, 4) is 5.75 Å². The van der Waals surface area contributed by atoms with Crippen LogP contribution in [0.5, 0.6) is 5.75 Å². The molecule has 2 aromatic rings. The fourth-order valence-corrected chi connectivity index (χ4v) is 4.89. The lowest BCUT2D eigenvalue weighted by Gasteiger charge is -2.37. The fourth-order valence-electron chi connectivity index (χ4n) is 4.70. The molecule has 4 rings (SSSR count). The first-order valence-corrected chi connectivity index (χ1v) is 12.5. The summed E-state index contributed by atoms with van der Waals surface area (Å²) in [5.74, 6) is -0.0231. The number of piperazine rings is 1. The van der Waals surface area contributed by atoms with E-state index in [0.717, 1.165) is 37.9 Å². The number of benzene rings is 2. The Labute approximate surface area is 217 Å². The number of alkyl halides is 3. The Hall–Kier alpha value is -3.05. The van der Waals surface area contributed by atoms with Crippen molar-refractivity contribution in [2.75, 3.05) is 50.7 Å². The third-order valence-electron chi connectivity index (χ3n) is 6.76. The third kappa shape index (κ3) is 7.04. The molecular weight excluding hydrogens is 513 g/mol. The van der Waals surface area contributed by atoms with Crippen LogP contribution in [0, 0.1) is 10.1 Å². The lowest BCUT2D eigenvalue weighted by atomic mass is 10.1. The van der Waals surface area contributed by atoms with Crippen LogP contribution in [0.2, 0.25) is 5.02 Å². The number of carbonyl (C=O) groups is 1.